The van der Waals surface area contributed by atoms with Gasteiger partial charge in [-0.2, -0.15) is 5.10 Å². The van der Waals surface area contributed by atoms with Crippen LogP contribution in [0, 0.1) is 5.92 Å². The minimum Gasteiger partial charge on any atom is -0.444 e. The van der Waals surface area contributed by atoms with Crippen molar-refractivity contribution in [2.24, 2.45) is 5.92 Å². The lowest BCUT2D eigenvalue weighted by atomic mass is 9.93. The van der Waals surface area contributed by atoms with Crippen molar-refractivity contribution in [2.45, 2.75) is 64.5 Å². The van der Waals surface area contributed by atoms with Crippen LogP contribution >= 0.6 is 23.2 Å². The number of nitrogens with one attached hydrogen (secondary N) is 1. The molecule has 0 aromatic carbocycles. The Bertz CT molecular complexity index is 1180. The Morgan fingerprint density at radius 3 is 2.58 bits per heavy atom. The van der Waals surface area contributed by atoms with Crippen LogP contribution in [0.4, 0.5) is 4.79 Å². The summed E-state index contributed by atoms with van der Waals surface area (Å²) in [4.78, 5) is 22.1. The number of ether oxygens (including phenoxy) is 1. The SMILES string of the molecule is CC(C)(C)OC(=O)N1CCC(c2[nH]c3ncc(Cl)c(-c4cnn(CC5CC5)c4)c3c2Cl)CC1. The van der Waals surface area contributed by atoms with Crippen molar-refractivity contribution in [3.63, 3.8) is 0 Å². The maximum Gasteiger partial charge on any atom is 0.410 e. The van der Waals surface area contributed by atoms with Crippen LogP contribution in [0.15, 0.2) is 18.6 Å². The molecule has 9 heteroatoms. The average Bonchev–Trinajstić information content (AvgIpc) is 3.35. The van der Waals surface area contributed by atoms with Crippen molar-refractivity contribution >= 4 is 40.3 Å². The standard InChI is InChI=1S/C24H29Cl2N5O2/c1-24(2,3)33-23(32)30-8-6-15(7-9-30)21-20(26)19-18(17(25)11-27-22(19)29-21)16-10-28-31(13-16)12-14-4-5-14/h10-11,13-15H,4-9,12H2,1-3H3,(H,27,29). The number of halogens is 2. The normalized spacial score (nSPS) is 17.7. The fourth-order valence-electron chi connectivity index (χ4n) is 4.51. The van der Waals surface area contributed by atoms with E-state index in [1.54, 1.807) is 11.1 Å². The zero-order valence-corrected chi connectivity index (χ0v) is 20.7. The summed E-state index contributed by atoms with van der Waals surface area (Å²) in [7, 11) is 0. The molecule has 2 fully saturated rings. The highest BCUT2D eigenvalue weighted by Crippen LogP contribution is 2.43. The van der Waals surface area contributed by atoms with Gasteiger partial charge in [0.15, 0.2) is 0 Å². The lowest BCUT2D eigenvalue weighted by molar-refractivity contribution is 0.0204. The molecular weight excluding hydrogens is 461 g/mol. The number of aromatic amines is 1. The summed E-state index contributed by atoms with van der Waals surface area (Å²) in [5.41, 5.74) is 2.99. The first kappa shape index (κ1) is 22.5. The average molecular weight is 490 g/mol. The number of carbonyl (C=O) groups excluding carboxylic acids is 1. The summed E-state index contributed by atoms with van der Waals surface area (Å²) in [5.74, 6) is 0.939. The Labute approximate surface area is 203 Å². The Morgan fingerprint density at radius 1 is 1.18 bits per heavy atom. The van der Waals surface area contributed by atoms with Crippen LogP contribution in [-0.2, 0) is 11.3 Å². The molecule has 4 heterocycles. The van der Waals surface area contributed by atoms with Crippen LogP contribution < -0.4 is 0 Å². The first-order valence-electron chi connectivity index (χ1n) is 11.6. The van der Waals surface area contributed by atoms with Gasteiger partial charge in [0.05, 0.1) is 16.2 Å². The number of carbonyl (C=O) groups is 1. The lowest BCUT2D eigenvalue weighted by Crippen LogP contribution is -2.41. The molecular formula is C24H29Cl2N5O2. The molecule has 1 aliphatic carbocycles. The van der Waals surface area contributed by atoms with E-state index in [0.29, 0.717) is 23.1 Å². The molecule has 33 heavy (non-hydrogen) atoms. The van der Waals surface area contributed by atoms with Gasteiger partial charge in [-0.05, 0) is 52.4 Å². The summed E-state index contributed by atoms with van der Waals surface area (Å²) in [6.45, 7) is 7.84. The second kappa shape index (κ2) is 8.51. The third-order valence-electron chi connectivity index (χ3n) is 6.36. The number of piperidine rings is 1. The molecule has 0 bridgehead atoms. The highest BCUT2D eigenvalue weighted by molar-refractivity contribution is 6.40. The van der Waals surface area contributed by atoms with Crippen LogP contribution in [0.2, 0.25) is 10.0 Å². The number of H-pyrrole nitrogens is 1. The van der Waals surface area contributed by atoms with Gasteiger partial charge in [0.1, 0.15) is 11.2 Å². The van der Waals surface area contributed by atoms with Gasteiger partial charge in [0.2, 0.25) is 0 Å². The third-order valence-corrected chi connectivity index (χ3v) is 7.04. The summed E-state index contributed by atoms with van der Waals surface area (Å²) in [5, 5.41) is 6.57. The van der Waals surface area contributed by atoms with E-state index >= 15 is 0 Å². The highest BCUT2D eigenvalue weighted by atomic mass is 35.5. The molecule has 0 radical (unpaired) electrons. The Hall–Kier alpha value is -2.25. The zero-order chi connectivity index (χ0) is 23.3. The van der Waals surface area contributed by atoms with Crippen LogP contribution in [0.5, 0.6) is 0 Å². The predicted molar refractivity (Wildman–Crippen MR) is 130 cm³/mol. The monoisotopic (exact) mass is 489 g/mol. The van der Waals surface area contributed by atoms with E-state index < -0.39 is 5.60 Å². The Balaban J connectivity index is 1.39. The molecule has 1 saturated heterocycles. The fraction of sp³-hybridized carbons (Fsp3) is 0.542. The van der Waals surface area contributed by atoms with Gasteiger partial charge >= 0.3 is 6.09 Å². The highest BCUT2D eigenvalue weighted by Gasteiger charge is 2.31. The zero-order valence-electron chi connectivity index (χ0n) is 19.2. The number of fused-ring (bicyclic) bond motifs is 1. The first-order chi connectivity index (χ1) is 15.7. The van der Waals surface area contributed by atoms with Gasteiger partial charge in [0.25, 0.3) is 0 Å². The maximum atomic E-state index is 12.4. The molecule has 1 aliphatic heterocycles. The number of rotatable bonds is 4. The van der Waals surface area contributed by atoms with E-state index in [-0.39, 0.29) is 12.0 Å². The smallest absolute Gasteiger partial charge is 0.410 e. The van der Waals surface area contributed by atoms with Gasteiger partial charge in [-0.15, -0.1) is 0 Å². The summed E-state index contributed by atoms with van der Waals surface area (Å²) in [6, 6.07) is 0. The topological polar surface area (TPSA) is 76.0 Å². The molecule has 0 spiro atoms. The van der Waals surface area contributed by atoms with Gasteiger partial charge in [-0.1, -0.05) is 23.2 Å². The number of hydrogen-bond acceptors (Lipinski definition) is 4. The first-order valence-corrected chi connectivity index (χ1v) is 12.3. The predicted octanol–water partition coefficient (Wildman–Crippen LogP) is 6.26. The number of nitrogens with zero attached hydrogens (tertiary/aromatic N) is 4. The van der Waals surface area contributed by atoms with Crippen molar-refractivity contribution in [3.05, 3.63) is 34.3 Å². The summed E-state index contributed by atoms with van der Waals surface area (Å²) in [6.07, 6.45) is 9.45. The number of aromatic nitrogens is 4. The molecule has 176 valence electrons. The molecule has 1 saturated carbocycles. The van der Waals surface area contributed by atoms with E-state index in [0.717, 1.165) is 53.2 Å². The van der Waals surface area contributed by atoms with Crippen molar-refractivity contribution in [1.29, 1.82) is 0 Å². The molecule has 1 amide bonds. The number of hydrogen-bond donors (Lipinski definition) is 1. The van der Waals surface area contributed by atoms with Crippen molar-refractivity contribution < 1.29 is 9.53 Å². The molecule has 0 unspecified atom stereocenters. The summed E-state index contributed by atoms with van der Waals surface area (Å²) >= 11 is 13.6. The number of pyridine rings is 1. The maximum absolute atomic E-state index is 12.4. The minimum atomic E-state index is -0.498. The molecule has 3 aromatic rings. The number of amides is 1. The van der Waals surface area contributed by atoms with Gasteiger partial charge in [-0.25, -0.2) is 9.78 Å². The molecule has 3 aromatic heterocycles. The number of likely N-dealkylation sites (tertiary alicyclic amines) is 1. The quantitative estimate of drug-likeness (QED) is 0.469. The van der Waals surface area contributed by atoms with Crippen LogP contribution in [0.25, 0.3) is 22.2 Å². The van der Waals surface area contributed by atoms with Gasteiger partial charge in [-0.3, -0.25) is 4.68 Å². The molecule has 2 aliphatic rings. The largest absolute Gasteiger partial charge is 0.444 e. The Morgan fingerprint density at radius 2 is 1.91 bits per heavy atom. The lowest BCUT2D eigenvalue weighted by Gasteiger charge is -2.33. The van der Waals surface area contributed by atoms with E-state index in [1.165, 1.54) is 12.8 Å². The summed E-state index contributed by atoms with van der Waals surface area (Å²) < 4.78 is 7.51. The van der Waals surface area contributed by atoms with Crippen LogP contribution in [0.3, 0.4) is 0 Å². The molecule has 5 rings (SSSR count). The second-order valence-electron chi connectivity index (χ2n) is 10.2. The van der Waals surface area contributed by atoms with Crippen LogP contribution in [-0.4, -0.2) is 49.4 Å². The van der Waals surface area contributed by atoms with Crippen molar-refractivity contribution in [3.8, 4) is 11.1 Å². The van der Waals surface area contributed by atoms with Crippen LogP contribution in [0.1, 0.15) is 58.1 Å². The second-order valence-corrected chi connectivity index (χ2v) is 11.0. The van der Waals surface area contributed by atoms with Crippen molar-refractivity contribution in [2.75, 3.05) is 13.1 Å². The van der Waals surface area contributed by atoms with E-state index in [1.807, 2.05) is 37.8 Å². The minimum absolute atomic E-state index is 0.203. The molecule has 0 atom stereocenters. The van der Waals surface area contributed by atoms with Crippen molar-refractivity contribution in [1.82, 2.24) is 24.6 Å². The van der Waals surface area contributed by atoms with E-state index in [4.69, 9.17) is 27.9 Å². The van der Waals surface area contributed by atoms with Gasteiger partial charge in [0, 0.05) is 60.2 Å². The third kappa shape index (κ3) is 4.71. The Kier molecular flexibility index (Phi) is 5.81. The van der Waals surface area contributed by atoms with Gasteiger partial charge < -0.3 is 14.6 Å². The van der Waals surface area contributed by atoms with E-state index in [9.17, 15) is 4.79 Å². The fourth-order valence-corrected chi connectivity index (χ4v) is 5.15. The van der Waals surface area contributed by atoms with E-state index in [2.05, 4.69) is 15.1 Å². The molecule has 7 nitrogen and oxygen atoms in total. The molecule has 1 N–H and O–H groups in total.